The molecule has 2 aromatic rings. The summed E-state index contributed by atoms with van der Waals surface area (Å²) in [4.78, 5) is 27.1. The van der Waals surface area contributed by atoms with E-state index in [9.17, 15) is 9.59 Å². The Labute approximate surface area is 119 Å². The van der Waals surface area contributed by atoms with Crippen LogP contribution in [0.3, 0.4) is 0 Å². The summed E-state index contributed by atoms with van der Waals surface area (Å²) in [6, 6.07) is 3.56. The van der Waals surface area contributed by atoms with Gasteiger partial charge in [-0.15, -0.1) is 0 Å². The summed E-state index contributed by atoms with van der Waals surface area (Å²) in [6.07, 6.45) is 1.22. The van der Waals surface area contributed by atoms with Crippen molar-refractivity contribution in [3.05, 3.63) is 34.6 Å². The standard InChI is InChI=1S/C12H12ClN5O2/c1-6-3-7(2)9(8(13)4-6)16-10(19)11(20)17-12-14-5-15-18-12/h3-5H,1-2H3,(H,16,19)(H2,14,15,17,18,20). The average molecular weight is 294 g/mol. The average Bonchev–Trinajstić information content (AvgIpc) is 2.86. The van der Waals surface area contributed by atoms with Crippen LogP contribution in [0.4, 0.5) is 11.6 Å². The van der Waals surface area contributed by atoms with Crippen molar-refractivity contribution in [1.29, 1.82) is 0 Å². The molecule has 2 amide bonds. The number of carbonyl (C=O) groups is 2. The Balaban J connectivity index is 2.10. The van der Waals surface area contributed by atoms with E-state index in [1.807, 2.05) is 13.0 Å². The van der Waals surface area contributed by atoms with E-state index in [1.54, 1.807) is 13.0 Å². The van der Waals surface area contributed by atoms with Crippen molar-refractivity contribution in [3.8, 4) is 0 Å². The molecule has 0 spiro atoms. The first-order valence-corrected chi connectivity index (χ1v) is 6.09. The van der Waals surface area contributed by atoms with Crippen LogP contribution in [0.5, 0.6) is 0 Å². The Kier molecular flexibility index (Phi) is 3.99. The van der Waals surface area contributed by atoms with Crippen molar-refractivity contribution in [2.24, 2.45) is 0 Å². The summed E-state index contributed by atoms with van der Waals surface area (Å²) in [5.41, 5.74) is 2.16. The maximum Gasteiger partial charge on any atom is 0.316 e. The van der Waals surface area contributed by atoms with E-state index in [4.69, 9.17) is 11.6 Å². The van der Waals surface area contributed by atoms with Gasteiger partial charge in [-0.1, -0.05) is 17.7 Å². The van der Waals surface area contributed by atoms with Gasteiger partial charge in [0.05, 0.1) is 10.7 Å². The zero-order valence-electron chi connectivity index (χ0n) is 10.8. The molecule has 20 heavy (non-hydrogen) atoms. The first kappa shape index (κ1) is 14.0. The van der Waals surface area contributed by atoms with Gasteiger partial charge < -0.3 is 5.32 Å². The number of aromatic nitrogens is 3. The van der Waals surface area contributed by atoms with Gasteiger partial charge in [-0.05, 0) is 31.0 Å². The maximum atomic E-state index is 11.8. The molecule has 0 bridgehead atoms. The highest BCUT2D eigenvalue weighted by Gasteiger charge is 2.17. The molecule has 1 heterocycles. The second kappa shape index (κ2) is 5.70. The van der Waals surface area contributed by atoms with E-state index in [0.717, 1.165) is 11.1 Å². The number of hydrogen-bond acceptors (Lipinski definition) is 4. The molecule has 0 saturated carbocycles. The SMILES string of the molecule is Cc1cc(C)c(NC(=O)C(=O)Nc2ncn[nH]2)c(Cl)c1. The number of anilines is 2. The van der Waals surface area contributed by atoms with Crippen LogP contribution < -0.4 is 10.6 Å². The summed E-state index contributed by atoms with van der Waals surface area (Å²) in [6.45, 7) is 3.68. The third-order valence-corrected chi connectivity index (χ3v) is 2.82. The van der Waals surface area contributed by atoms with Crippen molar-refractivity contribution in [3.63, 3.8) is 0 Å². The van der Waals surface area contributed by atoms with Gasteiger partial charge in [0, 0.05) is 0 Å². The van der Waals surface area contributed by atoms with E-state index in [2.05, 4.69) is 25.8 Å². The van der Waals surface area contributed by atoms with Crippen LogP contribution in [0.2, 0.25) is 5.02 Å². The highest BCUT2D eigenvalue weighted by atomic mass is 35.5. The van der Waals surface area contributed by atoms with Crippen molar-refractivity contribution in [2.45, 2.75) is 13.8 Å². The van der Waals surface area contributed by atoms with Gasteiger partial charge in [-0.2, -0.15) is 10.1 Å². The fraction of sp³-hybridized carbons (Fsp3) is 0.167. The molecule has 0 unspecified atom stereocenters. The molecule has 0 radical (unpaired) electrons. The van der Waals surface area contributed by atoms with E-state index < -0.39 is 11.8 Å². The van der Waals surface area contributed by atoms with Crippen LogP contribution in [0.1, 0.15) is 11.1 Å². The highest BCUT2D eigenvalue weighted by Crippen LogP contribution is 2.27. The second-order valence-electron chi connectivity index (χ2n) is 4.18. The largest absolute Gasteiger partial charge is 0.316 e. The second-order valence-corrected chi connectivity index (χ2v) is 4.59. The molecular weight excluding hydrogens is 282 g/mol. The molecule has 1 aromatic heterocycles. The Morgan fingerprint density at radius 1 is 1.20 bits per heavy atom. The molecule has 0 atom stereocenters. The number of aryl methyl sites for hydroxylation is 2. The lowest BCUT2D eigenvalue weighted by Crippen LogP contribution is -2.29. The number of aromatic amines is 1. The molecule has 7 nitrogen and oxygen atoms in total. The Hall–Kier alpha value is -2.41. The number of carbonyl (C=O) groups excluding carboxylic acids is 2. The molecule has 0 aliphatic heterocycles. The maximum absolute atomic E-state index is 11.8. The number of H-pyrrole nitrogens is 1. The minimum atomic E-state index is -0.863. The van der Waals surface area contributed by atoms with Crippen molar-refractivity contribution >= 4 is 35.1 Å². The quantitative estimate of drug-likeness (QED) is 0.733. The van der Waals surface area contributed by atoms with E-state index in [1.165, 1.54) is 6.33 Å². The van der Waals surface area contributed by atoms with Gasteiger partial charge in [-0.3, -0.25) is 14.9 Å². The molecule has 2 rings (SSSR count). The Morgan fingerprint density at radius 3 is 2.50 bits per heavy atom. The number of halogens is 1. The lowest BCUT2D eigenvalue weighted by molar-refractivity contribution is -0.133. The van der Waals surface area contributed by atoms with Crippen molar-refractivity contribution < 1.29 is 9.59 Å². The molecular formula is C12H12ClN5O2. The zero-order chi connectivity index (χ0) is 14.7. The van der Waals surface area contributed by atoms with E-state index >= 15 is 0 Å². The molecule has 0 aliphatic carbocycles. The summed E-state index contributed by atoms with van der Waals surface area (Å²) < 4.78 is 0. The van der Waals surface area contributed by atoms with E-state index in [-0.39, 0.29) is 5.95 Å². The first-order chi connectivity index (χ1) is 9.47. The molecule has 0 saturated heterocycles. The van der Waals surface area contributed by atoms with Gasteiger partial charge in [-0.25, -0.2) is 5.10 Å². The molecule has 8 heteroatoms. The van der Waals surface area contributed by atoms with Crippen LogP contribution in [-0.2, 0) is 9.59 Å². The normalized spacial score (nSPS) is 10.2. The van der Waals surface area contributed by atoms with Gasteiger partial charge in [0.15, 0.2) is 0 Å². The summed E-state index contributed by atoms with van der Waals surface area (Å²) in [7, 11) is 0. The summed E-state index contributed by atoms with van der Waals surface area (Å²) >= 11 is 6.05. The summed E-state index contributed by atoms with van der Waals surface area (Å²) in [5.74, 6) is -1.61. The number of nitrogens with zero attached hydrogens (tertiary/aromatic N) is 2. The van der Waals surface area contributed by atoms with Crippen LogP contribution in [0.25, 0.3) is 0 Å². The van der Waals surface area contributed by atoms with Gasteiger partial charge in [0.1, 0.15) is 6.33 Å². The van der Waals surface area contributed by atoms with Gasteiger partial charge >= 0.3 is 11.8 Å². The Bertz CT molecular complexity index is 631. The minimum Gasteiger partial charge on any atom is -0.316 e. The zero-order valence-corrected chi connectivity index (χ0v) is 11.6. The molecule has 0 aliphatic rings. The lowest BCUT2D eigenvalue weighted by atomic mass is 10.1. The summed E-state index contributed by atoms with van der Waals surface area (Å²) in [5, 5.41) is 11.1. The molecule has 3 N–H and O–H groups in total. The topological polar surface area (TPSA) is 99.8 Å². The monoisotopic (exact) mass is 293 g/mol. The molecule has 1 aromatic carbocycles. The third kappa shape index (κ3) is 3.12. The predicted octanol–water partition coefficient (Wildman–Crippen LogP) is 1.65. The fourth-order valence-electron chi connectivity index (χ4n) is 1.67. The van der Waals surface area contributed by atoms with Gasteiger partial charge in [0.2, 0.25) is 5.95 Å². The third-order valence-electron chi connectivity index (χ3n) is 2.52. The number of amides is 2. The minimum absolute atomic E-state index is 0.0943. The van der Waals surface area contributed by atoms with Crippen molar-refractivity contribution in [1.82, 2.24) is 15.2 Å². The number of rotatable bonds is 2. The van der Waals surface area contributed by atoms with Crippen molar-refractivity contribution in [2.75, 3.05) is 10.6 Å². The van der Waals surface area contributed by atoms with Crippen LogP contribution >= 0.6 is 11.6 Å². The molecule has 104 valence electrons. The molecule has 0 fully saturated rings. The smallest absolute Gasteiger partial charge is 0.316 e. The lowest BCUT2D eigenvalue weighted by Gasteiger charge is -2.10. The first-order valence-electron chi connectivity index (χ1n) is 5.72. The van der Waals surface area contributed by atoms with Crippen LogP contribution in [-0.4, -0.2) is 27.0 Å². The number of hydrogen-bond donors (Lipinski definition) is 3. The van der Waals surface area contributed by atoms with Gasteiger partial charge in [0.25, 0.3) is 0 Å². The number of benzene rings is 1. The Morgan fingerprint density at radius 2 is 1.90 bits per heavy atom. The van der Waals surface area contributed by atoms with Crippen LogP contribution in [0.15, 0.2) is 18.5 Å². The van der Waals surface area contributed by atoms with E-state index in [0.29, 0.717) is 10.7 Å². The predicted molar refractivity (Wildman–Crippen MR) is 74.6 cm³/mol. The van der Waals surface area contributed by atoms with Crippen LogP contribution in [0, 0.1) is 13.8 Å². The number of nitrogens with one attached hydrogen (secondary N) is 3. The highest BCUT2D eigenvalue weighted by molar-refractivity contribution is 6.44. The fourth-order valence-corrected chi connectivity index (χ4v) is 2.04.